The Labute approximate surface area is 120 Å². The van der Waals surface area contributed by atoms with Crippen LogP contribution < -0.4 is 4.74 Å². The SMILES string of the molecule is CC(=O)c1ccc(OCc2cc(C#N)ccc2F)c(F)c1. The maximum atomic E-state index is 13.7. The van der Waals surface area contributed by atoms with Gasteiger partial charge in [-0.05, 0) is 43.3 Å². The Morgan fingerprint density at radius 2 is 1.95 bits per heavy atom. The lowest BCUT2D eigenvalue weighted by molar-refractivity contribution is 0.101. The molecule has 0 fully saturated rings. The summed E-state index contributed by atoms with van der Waals surface area (Å²) < 4.78 is 32.5. The van der Waals surface area contributed by atoms with E-state index in [2.05, 4.69) is 0 Å². The van der Waals surface area contributed by atoms with E-state index < -0.39 is 11.6 Å². The van der Waals surface area contributed by atoms with E-state index in [9.17, 15) is 13.6 Å². The van der Waals surface area contributed by atoms with Crippen LogP contribution in [0.1, 0.15) is 28.4 Å². The maximum Gasteiger partial charge on any atom is 0.165 e. The number of benzene rings is 2. The molecule has 3 nitrogen and oxygen atoms in total. The van der Waals surface area contributed by atoms with Crippen molar-refractivity contribution in [2.75, 3.05) is 0 Å². The summed E-state index contributed by atoms with van der Waals surface area (Å²) in [6.07, 6.45) is 0. The number of ether oxygens (including phenoxy) is 1. The summed E-state index contributed by atoms with van der Waals surface area (Å²) in [5.41, 5.74) is 0.684. The molecule has 0 aliphatic rings. The average Bonchev–Trinajstić information content (AvgIpc) is 2.47. The van der Waals surface area contributed by atoms with Crippen molar-refractivity contribution in [2.24, 2.45) is 0 Å². The Morgan fingerprint density at radius 3 is 2.57 bits per heavy atom. The molecule has 106 valence electrons. The minimum Gasteiger partial charge on any atom is -0.486 e. The fourth-order valence-corrected chi connectivity index (χ4v) is 1.75. The van der Waals surface area contributed by atoms with Gasteiger partial charge in [0.05, 0.1) is 11.6 Å². The van der Waals surface area contributed by atoms with Gasteiger partial charge in [0.15, 0.2) is 17.3 Å². The summed E-state index contributed by atoms with van der Waals surface area (Å²) in [7, 11) is 0. The highest BCUT2D eigenvalue weighted by Gasteiger charge is 2.09. The first-order chi connectivity index (χ1) is 10.0. The van der Waals surface area contributed by atoms with Gasteiger partial charge in [0.2, 0.25) is 0 Å². The first kappa shape index (κ1) is 14.7. The van der Waals surface area contributed by atoms with Crippen LogP contribution in [0.25, 0.3) is 0 Å². The highest BCUT2D eigenvalue weighted by Crippen LogP contribution is 2.21. The molecule has 0 atom stereocenters. The zero-order valence-electron chi connectivity index (χ0n) is 11.2. The van der Waals surface area contributed by atoms with Gasteiger partial charge in [-0.3, -0.25) is 4.79 Å². The second-order valence-corrected chi connectivity index (χ2v) is 4.41. The van der Waals surface area contributed by atoms with Crippen molar-refractivity contribution >= 4 is 5.78 Å². The van der Waals surface area contributed by atoms with Gasteiger partial charge in [-0.15, -0.1) is 0 Å². The van der Waals surface area contributed by atoms with Crippen LogP contribution in [-0.2, 0) is 6.61 Å². The number of ketones is 1. The monoisotopic (exact) mass is 287 g/mol. The number of hydrogen-bond acceptors (Lipinski definition) is 3. The fraction of sp³-hybridized carbons (Fsp3) is 0.125. The normalized spacial score (nSPS) is 10.0. The van der Waals surface area contributed by atoms with Crippen molar-refractivity contribution in [3.05, 3.63) is 64.7 Å². The number of carbonyl (C=O) groups excluding carboxylic acids is 1. The number of Topliss-reactive ketones (excluding diaryl/α,β-unsaturated/α-hetero) is 1. The Bertz CT molecular complexity index is 736. The third-order valence-corrected chi connectivity index (χ3v) is 2.90. The minimum absolute atomic E-state index is 0.0817. The van der Waals surface area contributed by atoms with E-state index in [0.29, 0.717) is 5.56 Å². The highest BCUT2D eigenvalue weighted by atomic mass is 19.1. The Kier molecular flexibility index (Phi) is 4.29. The molecular weight excluding hydrogens is 276 g/mol. The summed E-state index contributed by atoms with van der Waals surface area (Å²) in [4.78, 5) is 11.1. The van der Waals surface area contributed by atoms with Crippen LogP contribution in [0.3, 0.4) is 0 Å². The molecule has 0 saturated carbocycles. The summed E-state index contributed by atoms with van der Waals surface area (Å²) in [5, 5.41) is 8.76. The van der Waals surface area contributed by atoms with E-state index in [4.69, 9.17) is 10.00 Å². The molecule has 0 bridgehead atoms. The van der Waals surface area contributed by atoms with Crippen molar-refractivity contribution in [3.8, 4) is 11.8 Å². The molecule has 5 heteroatoms. The predicted octanol–water partition coefficient (Wildman–Crippen LogP) is 3.62. The second kappa shape index (κ2) is 6.14. The Hall–Kier alpha value is -2.74. The van der Waals surface area contributed by atoms with Gasteiger partial charge in [-0.25, -0.2) is 8.78 Å². The molecule has 21 heavy (non-hydrogen) atoms. The minimum atomic E-state index is -0.695. The van der Waals surface area contributed by atoms with E-state index >= 15 is 0 Å². The topological polar surface area (TPSA) is 50.1 Å². The predicted molar refractivity (Wildman–Crippen MR) is 71.9 cm³/mol. The number of rotatable bonds is 4. The van der Waals surface area contributed by atoms with E-state index in [1.807, 2.05) is 6.07 Å². The summed E-state index contributed by atoms with van der Waals surface area (Å²) in [5.74, 6) is -1.57. The molecular formula is C16H11F2NO2. The standard InChI is InChI=1S/C16H11F2NO2/c1-10(20)12-3-5-16(15(18)7-12)21-9-13-6-11(8-19)2-4-14(13)17/h2-7H,9H2,1H3. The quantitative estimate of drug-likeness (QED) is 0.807. The number of halogens is 2. The van der Waals surface area contributed by atoms with Crippen molar-refractivity contribution in [1.29, 1.82) is 5.26 Å². The molecule has 0 aliphatic heterocycles. The third kappa shape index (κ3) is 3.42. The number of hydrogen-bond donors (Lipinski definition) is 0. The van der Waals surface area contributed by atoms with Gasteiger partial charge < -0.3 is 4.74 Å². The average molecular weight is 287 g/mol. The van der Waals surface area contributed by atoms with Crippen LogP contribution in [0.5, 0.6) is 5.75 Å². The molecule has 2 rings (SSSR count). The van der Waals surface area contributed by atoms with Crippen molar-refractivity contribution in [1.82, 2.24) is 0 Å². The van der Waals surface area contributed by atoms with Gasteiger partial charge in [-0.1, -0.05) is 0 Å². The molecule has 2 aromatic carbocycles. The van der Waals surface area contributed by atoms with Gasteiger partial charge >= 0.3 is 0 Å². The van der Waals surface area contributed by atoms with Crippen molar-refractivity contribution in [3.63, 3.8) is 0 Å². The lowest BCUT2D eigenvalue weighted by atomic mass is 10.1. The van der Waals surface area contributed by atoms with E-state index in [1.54, 1.807) is 0 Å². The van der Waals surface area contributed by atoms with Gasteiger partial charge in [0, 0.05) is 11.1 Å². The van der Waals surface area contributed by atoms with Crippen LogP contribution in [-0.4, -0.2) is 5.78 Å². The molecule has 0 heterocycles. The van der Waals surface area contributed by atoms with E-state index in [-0.39, 0.29) is 29.3 Å². The second-order valence-electron chi connectivity index (χ2n) is 4.41. The van der Waals surface area contributed by atoms with Crippen molar-refractivity contribution < 1.29 is 18.3 Å². The zero-order valence-corrected chi connectivity index (χ0v) is 11.2. The molecule has 0 radical (unpaired) electrons. The van der Waals surface area contributed by atoms with Crippen LogP contribution in [0.15, 0.2) is 36.4 Å². The first-order valence-corrected chi connectivity index (χ1v) is 6.13. The molecule has 0 aliphatic carbocycles. The Morgan fingerprint density at radius 1 is 1.19 bits per heavy atom. The number of carbonyl (C=O) groups is 1. The number of nitriles is 1. The van der Waals surface area contributed by atoms with Crippen LogP contribution in [0, 0.1) is 23.0 Å². The van der Waals surface area contributed by atoms with Crippen molar-refractivity contribution in [2.45, 2.75) is 13.5 Å². The maximum absolute atomic E-state index is 13.7. The molecule has 0 aromatic heterocycles. The van der Waals surface area contributed by atoms with Gasteiger partial charge in [-0.2, -0.15) is 5.26 Å². The van der Waals surface area contributed by atoms with Gasteiger partial charge in [0.25, 0.3) is 0 Å². The van der Waals surface area contributed by atoms with Gasteiger partial charge in [0.1, 0.15) is 12.4 Å². The van der Waals surface area contributed by atoms with Crippen LogP contribution in [0.4, 0.5) is 8.78 Å². The summed E-state index contributed by atoms with van der Waals surface area (Å²) in [6.45, 7) is 1.12. The van der Waals surface area contributed by atoms with Crippen LogP contribution >= 0.6 is 0 Å². The lowest BCUT2D eigenvalue weighted by Crippen LogP contribution is -2.02. The van der Waals surface area contributed by atoms with Crippen LogP contribution in [0.2, 0.25) is 0 Å². The molecule has 0 saturated heterocycles. The van der Waals surface area contributed by atoms with E-state index in [0.717, 1.165) is 12.1 Å². The largest absolute Gasteiger partial charge is 0.486 e. The lowest BCUT2D eigenvalue weighted by Gasteiger charge is -2.09. The first-order valence-electron chi connectivity index (χ1n) is 6.13. The summed E-state index contributed by atoms with van der Waals surface area (Å²) in [6, 6.07) is 9.56. The molecule has 2 aromatic rings. The highest BCUT2D eigenvalue weighted by molar-refractivity contribution is 5.94. The molecule has 0 N–H and O–H groups in total. The molecule has 0 amide bonds. The zero-order chi connectivity index (χ0) is 15.4. The summed E-state index contributed by atoms with van der Waals surface area (Å²) >= 11 is 0. The molecule has 0 spiro atoms. The van der Waals surface area contributed by atoms with E-state index in [1.165, 1.54) is 31.2 Å². The Balaban J connectivity index is 2.17. The third-order valence-electron chi connectivity index (χ3n) is 2.90. The molecule has 0 unspecified atom stereocenters. The number of nitrogens with zero attached hydrogens (tertiary/aromatic N) is 1. The smallest absolute Gasteiger partial charge is 0.165 e. The fourth-order valence-electron chi connectivity index (χ4n) is 1.75.